The normalized spacial score (nSPS) is 16.0. The second-order valence-corrected chi connectivity index (χ2v) is 7.67. The summed E-state index contributed by atoms with van der Waals surface area (Å²) in [5.74, 6) is -1.68. The lowest BCUT2D eigenvalue weighted by Gasteiger charge is -2.21. The molecule has 1 amide bonds. The van der Waals surface area contributed by atoms with Crippen LogP contribution in [-0.2, 0) is 14.8 Å². The first-order valence-corrected chi connectivity index (χ1v) is 9.48. The number of sulfonamides is 1. The molecule has 1 aliphatic heterocycles. The van der Waals surface area contributed by atoms with Crippen LogP contribution in [0, 0.1) is 0 Å². The van der Waals surface area contributed by atoms with Gasteiger partial charge in [0.05, 0.1) is 7.11 Å². The predicted octanol–water partition coefficient (Wildman–Crippen LogP) is 1.07. The van der Waals surface area contributed by atoms with E-state index in [2.05, 4.69) is 5.32 Å². The number of methoxy groups -OCH3 is 1. The van der Waals surface area contributed by atoms with Crippen molar-refractivity contribution in [1.82, 2.24) is 9.62 Å². The molecule has 0 radical (unpaired) electrons. The smallest absolute Gasteiger partial charge is 0.322 e. The van der Waals surface area contributed by atoms with E-state index in [1.807, 2.05) is 0 Å². The lowest BCUT2D eigenvalue weighted by atomic mass is 10.2. The minimum Gasteiger partial charge on any atom is -0.495 e. The Morgan fingerprint density at radius 1 is 1.20 bits per heavy atom. The van der Waals surface area contributed by atoms with Crippen molar-refractivity contribution in [1.29, 1.82) is 0 Å². The minimum absolute atomic E-state index is 0.0652. The van der Waals surface area contributed by atoms with Gasteiger partial charge in [-0.25, -0.2) is 8.42 Å². The molecule has 0 atom stereocenters. The number of carboxylic acid groups (broad SMARTS) is 1. The lowest BCUT2D eigenvalue weighted by Crippen LogP contribution is -2.33. The van der Waals surface area contributed by atoms with Crippen LogP contribution in [0.5, 0.6) is 5.75 Å². The Kier molecular flexibility index (Phi) is 6.38. The maximum atomic E-state index is 13.0. The average molecular weight is 370 g/mol. The molecule has 25 heavy (non-hydrogen) atoms. The molecule has 9 heteroatoms. The van der Waals surface area contributed by atoms with E-state index in [-0.39, 0.29) is 16.2 Å². The summed E-state index contributed by atoms with van der Waals surface area (Å²) in [4.78, 5) is 22.5. The number of nitrogens with one attached hydrogen (secondary N) is 1. The highest BCUT2D eigenvalue weighted by atomic mass is 32.2. The Labute approximate surface area is 146 Å². The van der Waals surface area contributed by atoms with Crippen molar-refractivity contribution in [2.24, 2.45) is 0 Å². The van der Waals surface area contributed by atoms with Crippen molar-refractivity contribution in [3.63, 3.8) is 0 Å². The molecular formula is C16H22N2O6S. The van der Waals surface area contributed by atoms with Crippen LogP contribution >= 0.6 is 0 Å². The topological polar surface area (TPSA) is 113 Å². The van der Waals surface area contributed by atoms with E-state index in [1.165, 1.54) is 29.6 Å². The van der Waals surface area contributed by atoms with E-state index in [1.54, 1.807) is 0 Å². The summed E-state index contributed by atoms with van der Waals surface area (Å²) in [6.45, 7) is 0.320. The second kappa shape index (κ2) is 8.30. The van der Waals surface area contributed by atoms with Gasteiger partial charge in [0.15, 0.2) is 0 Å². The molecule has 0 aliphatic carbocycles. The zero-order valence-electron chi connectivity index (χ0n) is 14.0. The third-order valence-electron chi connectivity index (χ3n) is 4.01. The number of hydrogen-bond acceptors (Lipinski definition) is 5. The molecule has 0 unspecified atom stereocenters. The Bertz CT molecular complexity index is 739. The fourth-order valence-electron chi connectivity index (χ4n) is 2.70. The number of aliphatic carboxylic acids is 1. The molecule has 1 aromatic carbocycles. The Morgan fingerprint density at radius 3 is 2.40 bits per heavy atom. The zero-order chi connectivity index (χ0) is 18.4. The molecule has 1 fully saturated rings. The quantitative estimate of drug-likeness (QED) is 0.775. The number of ether oxygens (including phenoxy) is 1. The monoisotopic (exact) mass is 370 g/mol. The fourth-order valence-corrected chi connectivity index (χ4v) is 4.40. The van der Waals surface area contributed by atoms with Crippen molar-refractivity contribution >= 4 is 21.9 Å². The van der Waals surface area contributed by atoms with Gasteiger partial charge in [-0.05, 0) is 31.0 Å². The van der Waals surface area contributed by atoms with Gasteiger partial charge in [0.25, 0.3) is 5.91 Å². The maximum absolute atomic E-state index is 13.0. The fraction of sp³-hybridized carbons (Fsp3) is 0.500. The van der Waals surface area contributed by atoms with Crippen molar-refractivity contribution < 1.29 is 27.9 Å². The standard InChI is InChI=1S/C16H22N2O6S/c1-24-13-7-6-12(16(21)17-11-15(19)20)10-14(13)25(22,23)18-8-4-2-3-5-9-18/h6-7,10H,2-5,8-9,11H2,1H3,(H,17,21)(H,19,20). The van der Waals surface area contributed by atoms with Crippen molar-refractivity contribution in [2.75, 3.05) is 26.7 Å². The third kappa shape index (κ3) is 4.70. The highest BCUT2D eigenvalue weighted by molar-refractivity contribution is 7.89. The number of hydrogen-bond donors (Lipinski definition) is 2. The van der Waals surface area contributed by atoms with E-state index in [0.717, 1.165) is 25.7 Å². The Balaban J connectivity index is 2.35. The largest absolute Gasteiger partial charge is 0.495 e. The molecule has 1 aromatic rings. The van der Waals surface area contributed by atoms with Crippen molar-refractivity contribution in [2.45, 2.75) is 30.6 Å². The second-order valence-electron chi connectivity index (χ2n) is 5.76. The number of rotatable bonds is 6. The molecule has 0 spiro atoms. The number of carbonyl (C=O) groups is 2. The van der Waals surface area contributed by atoms with E-state index < -0.39 is 28.4 Å². The van der Waals surface area contributed by atoms with Gasteiger partial charge < -0.3 is 15.2 Å². The van der Waals surface area contributed by atoms with Crippen LogP contribution in [0.3, 0.4) is 0 Å². The van der Waals surface area contributed by atoms with Crippen LogP contribution < -0.4 is 10.1 Å². The predicted molar refractivity (Wildman–Crippen MR) is 90.2 cm³/mol. The van der Waals surface area contributed by atoms with Gasteiger partial charge >= 0.3 is 5.97 Å². The third-order valence-corrected chi connectivity index (χ3v) is 5.93. The van der Waals surface area contributed by atoms with E-state index in [4.69, 9.17) is 9.84 Å². The summed E-state index contributed by atoms with van der Waals surface area (Å²) >= 11 is 0. The molecule has 2 rings (SSSR count). The number of benzene rings is 1. The minimum atomic E-state index is -3.80. The summed E-state index contributed by atoms with van der Waals surface area (Å²) in [6.07, 6.45) is 3.56. The highest BCUT2D eigenvalue weighted by Crippen LogP contribution is 2.29. The molecule has 138 valence electrons. The number of amides is 1. The van der Waals surface area contributed by atoms with Crippen LogP contribution in [-0.4, -0.2) is 56.5 Å². The van der Waals surface area contributed by atoms with Gasteiger partial charge in [-0.15, -0.1) is 0 Å². The van der Waals surface area contributed by atoms with E-state index in [9.17, 15) is 18.0 Å². The van der Waals surface area contributed by atoms with E-state index >= 15 is 0 Å². The average Bonchev–Trinajstić information content (AvgIpc) is 2.89. The zero-order valence-corrected chi connectivity index (χ0v) is 14.8. The summed E-state index contributed by atoms with van der Waals surface area (Å²) in [5.41, 5.74) is 0.0652. The first-order valence-electron chi connectivity index (χ1n) is 8.04. The van der Waals surface area contributed by atoms with Gasteiger partial charge in [0.2, 0.25) is 10.0 Å². The van der Waals surface area contributed by atoms with E-state index in [0.29, 0.717) is 13.1 Å². The maximum Gasteiger partial charge on any atom is 0.322 e. The number of nitrogens with zero attached hydrogens (tertiary/aromatic N) is 1. The van der Waals surface area contributed by atoms with Crippen molar-refractivity contribution in [3.05, 3.63) is 23.8 Å². The summed E-state index contributed by atoms with van der Waals surface area (Å²) in [6, 6.07) is 4.04. The first-order chi connectivity index (χ1) is 11.9. The molecule has 1 aliphatic rings. The molecule has 0 bridgehead atoms. The molecule has 8 nitrogen and oxygen atoms in total. The van der Waals surface area contributed by atoms with Gasteiger partial charge in [0.1, 0.15) is 17.2 Å². The summed E-state index contributed by atoms with van der Waals surface area (Å²) in [5, 5.41) is 10.9. The summed E-state index contributed by atoms with van der Waals surface area (Å²) < 4.78 is 32.5. The van der Waals surface area contributed by atoms with Gasteiger partial charge in [-0.1, -0.05) is 12.8 Å². The molecular weight excluding hydrogens is 348 g/mol. The van der Waals surface area contributed by atoms with Crippen LogP contribution in [0.25, 0.3) is 0 Å². The SMILES string of the molecule is COc1ccc(C(=O)NCC(=O)O)cc1S(=O)(=O)N1CCCCCC1. The lowest BCUT2D eigenvalue weighted by molar-refractivity contribution is -0.135. The Hall–Kier alpha value is -2.13. The van der Waals surface area contributed by atoms with Crippen LogP contribution in [0.4, 0.5) is 0 Å². The summed E-state index contributed by atoms with van der Waals surface area (Å²) in [7, 11) is -2.44. The molecule has 0 aromatic heterocycles. The van der Waals surface area contributed by atoms with Crippen LogP contribution in [0.15, 0.2) is 23.1 Å². The van der Waals surface area contributed by atoms with Gasteiger partial charge in [-0.3, -0.25) is 9.59 Å². The Morgan fingerprint density at radius 2 is 1.84 bits per heavy atom. The van der Waals surface area contributed by atoms with Crippen LogP contribution in [0.2, 0.25) is 0 Å². The van der Waals surface area contributed by atoms with Gasteiger partial charge in [0, 0.05) is 18.7 Å². The molecule has 2 N–H and O–H groups in total. The van der Waals surface area contributed by atoms with Crippen LogP contribution in [0.1, 0.15) is 36.0 Å². The highest BCUT2D eigenvalue weighted by Gasteiger charge is 2.29. The first kappa shape index (κ1) is 19.2. The number of carbonyl (C=O) groups excluding carboxylic acids is 1. The molecule has 1 saturated heterocycles. The molecule has 1 heterocycles. The van der Waals surface area contributed by atoms with Crippen molar-refractivity contribution in [3.8, 4) is 5.75 Å². The van der Waals surface area contributed by atoms with Gasteiger partial charge in [-0.2, -0.15) is 4.31 Å². The molecule has 0 saturated carbocycles. The number of carboxylic acids is 1.